The van der Waals surface area contributed by atoms with Crippen LogP contribution in [0.1, 0.15) is 27.7 Å². The van der Waals surface area contributed by atoms with Gasteiger partial charge in [-0.2, -0.15) is 5.26 Å². The number of amides is 1. The largest absolute Gasteiger partial charge is 0.337 e. The van der Waals surface area contributed by atoms with Crippen LogP contribution in [0.15, 0.2) is 52.4 Å². The summed E-state index contributed by atoms with van der Waals surface area (Å²) >= 11 is 7.02. The third-order valence-electron chi connectivity index (χ3n) is 5.33. The first-order chi connectivity index (χ1) is 15.1. The van der Waals surface area contributed by atoms with E-state index in [0.717, 1.165) is 11.8 Å². The number of nitrogens with zero attached hydrogens (tertiary/aromatic N) is 3. The standard InChI is InChI=1S/C23H22ClFN4O2S/c1-13(2)23(4,12-26)28-20(30)14(3)32-22-27-19-8-6-5-7-16(19)21(31)29(22)15-9-10-18(25)17(24)11-15/h5-11,13-14H,1-4H3,(H,28,30). The number of hydrogen-bond acceptors (Lipinski definition) is 5. The Morgan fingerprint density at radius 3 is 2.59 bits per heavy atom. The van der Waals surface area contributed by atoms with E-state index in [2.05, 4.69) is 16.4 Å². The van der Waals surface area contributed by atoms with Crippen molar-refractivity contribution >= 4 is 40.2 Å². The van der Waals surface area contributed by atoms with Gasteiger partial charge in [-0.15, -0.1) is 0 Å². The number of thioether (sulfide) groups is 1. The van der Waals surface area contributed by atoms with E-state index in [4.69, 9.17) is 11.6 Å². The molecule has 166 valence electrons. The van der Waals surface area contributed by atoms with Crippen molar-refractivity contribution < 1.29 is 9.18 Å². The van der Waals surface area contributed by atoms with Crippen molar-refractivity contribution in [2.45, 2.75) is 43.6 Å². The third-order valence-corrected chi connectivity index (χ3v) is 6.67. The fourth-order valence-corrected chi connectivity index (χ4v) is 4.02. The Kier molecular flexibility index (Phi) is 6.91. The fourth-order valence-electron chi connectivity index (χ4n) is 2.91. The van der Waals surface area contributed by atoms with Crippen LogP contribution in [0.3, 0.4) is 0 Å². The lowest BCUT2D eigenvalue weighted by molar-refractivity contribution is -0.121. The van der Waals surface area contributed by atoms with Crippen molar-refractivity contribution in [2.75, 3.05) is 0 Å². The maximum atomic E-state index is 13.7. The van der Waals surface area contributed by atoms with E-state index in [9.17, 15) is 19.2 Å². The second-order valence-electron chi connectivity index (χ2n) is 7.87. The minimum Gasteiger partial charge on any atom is -0.337 e. The average molecular weight is 473 g/mol. The summed E-state index contributed by atoms with van der Waals surface area (Å²) in [4.78, 5) is 30.7. The van der Waals surface area contributed by atoms with E-state index in [0.29, 0.717) is 16.6 Å². The summed E-state index contributed by atoms with van der Waals surface area (Å²) in [5, 5.41) is 12.1. The molecule has 6 nitrogen and oxygen atoms in total. The Balaban J connectivity index is 2.07. The molecule has 32 heavy (non-hydrogen) atoms. The van der Waals surface area contributed by atoms with E-state index in [1.54, 1.807) is 38.1 Å². The Labute approximate surface area is 194 Å². The van der Waals surface area contributed by atoms with Gasteiger partial charge in [0.2, 0.25) is 5.91 Å². The number of carbonyl (C=O) groups is 1. The first-order valence-electron chi connectivity index (χ1n) is 9.94. The highest BCUT2D eigenvalue weighted by atomic mass is 35.5. The number of rotatable bonds is 6. The first kappa shape index (κ1) is 23.8. The van der Waals surface area contributed by atoms with Crippen LogP contribution in [0.25, 0.3) is 16.6 Å². The molecule has 0 saturated heterocycles. The third kappa shape index (κ3) is 4.64. The smallest absolute Gasteiger partial charge is 0.266 e. The van der Waals surface area contributed by atoms with Crippen LogP contribution in [-0.4, -0.2) is 26.2 Å². The van der Waals surface area contributed by atoms with Gasteiger partial charge in [0, 0.05) is 0 Å². The molecule has 1 amide bonds. The molecule has 0 radical (unpaired) electrons. The molecule has 1 N–H and O–H groups in total. The topological polar surface area (TPSA) is 87.8 Å². The molecule has 9 heteroatoms. The molecule has 0 aliphatic heterocycles. The zero-order valence-corrected chi connectivity index (χ0v) is 19.6. The van der Waals surface area contributed by atoms with Gasteiger partial charge in [-0.25, -0.2) is 9.37 Å². The number of hydrogen-bond donors (Lipinski definition) is 1. The lowest BCUT2D eigenvalue weighted by Crippen LogP contribution is -2.51. The van der Waals surface area contributed by atoms with Crippen molar-refractivity contribution in [2.24, 2.45) is 5.92 Å². The molecule has 1 aromatic heterocycles. The van der Waals surface area contributed by atoms with Gasteiger partial charge in [-0.3, -0.25) is 14.2 Å². The number of benzene rings is 2. The van der Waals surface area contributed by atoms with Crippen molar-refractivity contribution in [1.82, 2.24) is 14.9 Å². The van der Waals surface area contributed by atoms with Gasteiger partial charge in [0.15, 0.2) is 5.16 Å². The van der Waals surface area contributed by atoms with Gasteiger partial charge < -0.3 is 5.32 Å². The molecular formula is C23H22ClFN4O2S. The summed E-state index contributed by atoms with van der Waals surface area (Å²) in [6.45, 7) is 7.03. The maximum absolute atomic E-state index is 13.7. The second kappa shape index (κ2) is 9.31. The molecule has 0 spiro atoms. The number of aromatic nitrogens is 2. The monoisotopic (exact) mass is 472 g/mol. The van der Waals surface area contributed by atoms with Crippen LogP contribution in [0.5, 0.6) is 0 Å². The van der Waals surface area contributed by atoms with Gasteiger partial charge in [-0.1, -0.05) is 49.3 Å². The molecule has 1 heterocycles. The van der Waals surface area contributed by atoms with Crippen molar-refractivity contribution in [3.05, 3.63) is 63.7 Å². The van der Waals surface area contributed by atoms with Crippen LogP contribution < -0.4 is 10.9 Å². The number of carbonyl (C=O) groups excluding carboxylic acids is 1. The minimum atomic E-state index is -1.03. The normalized spacial score (nSPS) is 14.1. The molecule has 3 aromatic rings. The highest BCUT2D eigenvalue weighted by Gasteiger charge is 2.32. The fraction of sp³-hybridized carbons (Fsp3) is 0.304. The Morgan fingerprint density at radius 2 is 1.97 bits per heavy atom. The van der Waals surface area contributed by atoms with Crippen LogP contribution in [0, 0.1) is 23.1 Å². The van der Waals surface area contributed by atoms with Crippen molar-refractivity contribution in [3.63, 3.8) is 0 Å². The summed E-state index contributed by atoms with van der Waals surface area (Å²) in [5.74, 6) is -1.07. The number of nitriles is 1. The molecule has 0 aliphatic carbocycles. The predicted molar refractivity (Wildman–Crippen MR) is 125 cm³/mol. The average Bonchev–Trinajstić information content (AvgIpc) is 2.75. The van der Waals surface area contributed by atoms with E-state index in [1.807, 2.05) is 13.8 Å². The molecule has 0 fully saturated rings. The zero-order valence-electron chi connectivity index (χ0n) is 18.0. The second-order valence-corrected chi connectivity index (χ2v) is 9.58. The molecule has 2 atom stereocenters. The quantitative estimate of drug-likeness (QED) is 0.414. The minimum absolute atomic E-state index is 0.105. The predicted octanol–water partition coefficient (Wildman–Crippen LogP) is 4.71. The van der Waals surface area contributed by atoms with Crippen LogP contribution in [0.4, 0.5) is 4.39 Å². The molecule has 0 aliphatic rings. The van der Waals surface area contributed by atoms with Crippen LogP contribution >= 0.6 is 23.4 Å². The Bertz CT molecular complexity index is 1290. The van der Waals surface area contributed by atoms with E-state index < -0.39 is 16.6 Å². The number of fused-ring (bicyclic) bond motifs is 1. The van der Waals surface area contributed by atoms with E-state index >= 15 is 0 Å². The number of para-hydroxylation sites is 1. The SMILES string of the molecule is CC(Sc1nc2ccccc2c(=O)n1-c1ccc(F)c(Cl)c1)C(=O)NC(C)(C#N)C(C)C. The summed E-state index contributed by atoms with van der Waals surface area (Å²) in [6.07, 6.45) is 0. The highest BCUT2D eigenvalue weighted by molar-refractivity contribution is 8.00. The first-order valence-corrected chi connectivity index (χ1v) is 11.2. The van der Waals surface area contributed by atoms with Gasteiger partial charge in [0.05, 0.1) is 32.9 Å². The van der Waals surface area contributed by atoms with Crippen LogP contribution in [-0.2, 0) is 4.79 Å². The molecule has 2 aromatic carbocycles. The summed E-state index contributed by atoms with van der Waals surface area (Å²) < 4.78 is 15.0. The number of nitrogens with one attached hydrogen (secondary N) is 1. The molecule has 3 rings (SSSR count). The molecule has 0 bridgehead atoms. The Hall–Kier alpha value is -2.89. The van der Waals surface area contributed by atoms with E-state index in [-0.39, 0.29) is 27.6 Å². The van der Waals surface area contributed by atoms with Gasteiger partial charge in [-0.05, 0) is 50.1 Å². The van der Waals surface area contributed by atoms with Gasteiger partial charge in [0.25, 0.3) is 5.56 Å². The summed E-state index contributed by atoms with van der Waals surface area (Å²) in [7, 11) is 0. The number of halogens is 2. The maximum Gasteiger partial charge on any atom is 0.266 e. The summed E-state index contributed by atoms with van der Waals surface area (Å²) in [6, 6.07) is 12.9. The summed E-state index contributed by atoms with van der Waals surface area (Å²) in [5.41, 5.74) is -0.593. The molecule has 2 unspecified atom stereocenters. The van der Waals surface area contributed by atoms with Gasteiger partial charge in [0.1, 0.15) is 11.4 Å². The lowest BCUT2D eigenvalue weighted by atomic mass is 9.90. The van der Waals surface area contributed by atoms with E-state index in [1.165, 1.54) is 22.8 Å². The van der Waals surface area contributed by atoms with Crippen LogP contribution in [0.2, 0.25) is 5.02 Å². The van der Waals surface area contributed by atoms with Crippen molar-refractivity contribution in [1.29, 1.82) is 5.26 Å². The Morgan fingerprint density at radius 1 is 1.28 bits per heavy atom. The zero-order chi connectivity index (χ0) is 23.6. The molecular weight excluding hydrogens is 451 g/mol. The lowest BCUT2D eigenvalue weighted by Gasteiger charge is -2.28. The highest BCUT2D eigenvalue weighted by Crippen LogP contribution is 2.27. The van der Waals surface area contributed by atoms with Crippen molar-refractivity contribution in [3.8, 4) is 11.8 Å². The van der Waals surface area contributed by atoms with Gasteiger partial charge >= 0.3 is 0 Å². The molecule has 0 saturated carbocycles.